The minimum atomic E-state index is -3.73. The first-order valence-corrected chi connectivity index (χ1v) is 10.7. The van der Waals surface area contributed by atoms with Crippen LogP contribution in [0.4, 0.5) is 15.8 Å². The third-order valence-electron chi connectivity index (χ3n) is 4.35. The molecule has 1 unspecified atom stereocenters. The van der Waals surface area contributed by atoms with Gasteiger partial charge in [-0.15, -0.1) is 0 Å². The Morgan fingerprint density at radius 3 is 2.61 bits per heavy atom. The Hall–Kier alpha value is -1.94. The lowest BCUT2D eigenvalue weighted by Gasteiger charge is -2.35. The van der Waals surface area contributed by atoms with Gasteiger partial charge in [-0.3, -0.25) is 10.1 Å². The zero-order valence-electron chi connectivity index (χ0n) is 14.6. The van der Waals surface area contributed by atoms with Crippen LogP contribution in [-0.2, 0) is 14.6 Å². The van der Waals surface area contributed by atoms with Crippen molar-refractivity contribution in [1.29, 1.82) is 0 Å². The molecule has 11 heteroatoms. The molecule has 3 rings (SSSR count). The number of halogens is 3. The normalized spacial score (nSPS) is 17.6. The summed E-state index contributed by atoms with van der Waals surface area (Å²) in [5.41, 5.74) is 0.375. The van der Waals surface area contributed by atoms with E-state index in [2.05, 4.69) is 0 Å². The molecule has 0 saturated carbocycles. The van der Waals surface area contributed by atoms with Crippen molar-refractivity contribution >= 4 is 44.4 Å². The van der Waals surface area contributed by atoms with Crippen LogP contribution in [0.3, 0.4) is 0 Å². The molecule has 1 aliphatic rings. The van der Waals surface area contributed by atoms with Crippen LogP contribution in [0.15, 0.2) is 35.2 Å². The molecule has 2 aromatic carbocycles. The molecule has 0 aromatic heterocycles. The molecule has 2 aromatic rings. The quantitative estimate of drug-likeness (QED) is 0.398. The molecule has 1 heterocycles. The summed E-state index contributed by atoms with van der Waals surface area (Å²) in [4.78, 5) is 11.9. The Morgan fingerprint density at radius 2 is 1.96 bits per heavy atom. The van der Waals surface area contributed by atoms with Crippen LogP contribution in [0.1, 0.15) is 11.7 Å². The van der Waals surface area contributed by atoms with Crippen LogP contribution in [0.2, 0.25) is 10.0 Å². The van der Waals surface area contributed by atoms with Crippen molar-refractivity contribution in [2.45, 2.75) is 11.0 Å². The molecule has 150 valence electrons. The summed E-state index contributed by atoms with van der Waals surface area (Å²) in [6.07, 6.45) is 0.356. The lowest BCUT2D eigenvalue weighted by Crippen LogP contribution is -2.39. The highest BCUT2D eigenvalue weighted by molar-refractivity contribution is 7.90. The van der Waals surface area contributed by atoms with Gasteiger partial charge in [0, 0.05) is 42.1 Å². The van der Waals surface area contributed by atoms with E-state index in [1.807, 2.05) is 0 Å². The second-order valence-corrected chi connectivity index (χ2v) is 9.07. The standard InChI is InChI=1S/C17H15Cl2FN2O5S/c1-28(25,26)17-6-10(22(23)24)2-3-15(17)21-4-5-27-16(9-21)11-7-14(20)13(19)8-12(11)18/h2-3,6-8,16H,4-5,9H2,1H3. The van der Waals surface area contributed by atoms with Crippen molar-refractivity contribution in [3.63, 3.8) is 0 Å². The average Bonchev–Trinajstić information content (AvgIpc) is 2.63. The number of morpholine rings is 1. The lowest BCUT2D eigenvalue weighted by molar-refractivity contribution is -0.385. The Morgan fingerprint density at radius 1 is 1.25 bits per heavy atom. The largest absolute Gasteiger partial charge is 0.370 e. The molecule has 1 saturated heterocycles. The number of ether oxygens (including phenoxy) is 1. The van der Waals surface area contributed by atoms with Crippen molar-refractivity contribution in [2.75, 3.05) is 30.9 Å². The first kappa shape index (κ1) is 20.8. The van der Waals surface area contributed by atoms with E-state index in [4.69, 9.17) is 27.9 Å². The number of rotatable bonds is 4. The molecule has 0 amide bonds. The minimum Gasteiger partial charge on any atom is -0.370 e. The minimum absolute atomic E-state index is 0.115. The molecule has 0 spiro atoms. The van der Waals surface area contributed by atoms with E-state index >= 15 is 0 Å². The number of nitrogens with zero attached hydrogens (tertiary/aromatic N) is 2. The molecule has 0 radical (unpaired) electrons. The highest BCUT2D eigenvalue weighted by Crippen LogP contribution is 2.36. The van der Waals surface area contributed by atoms with Gasteiger partial charge >= 0.3 is 0 Å². The molecular weight excluding hydrogens is 434 g/mol. The van der Waals surface area contributed by atoms with Gasteiger partial charge in [-0.2, -0.15) is 0 Å². The number of anilines is 1. The molecule has 1 fully saturated rings. The van der Waals surface area contributed by atoms with Crippen molar-refractivity contribution < 1.29 is 22.5 Å². The predicted molar refractivity (Wildman–Crippen MR) is 104 cm³/mol. The van der Waals surface area contributed by atoms with Crippen LogP contribution in [0.5, 0.6) is 0 Å². The van der Waals surface area contributed by atoms with E-state index < -0.39 is 26.7 Å². The van der Waals surface area contributed by atoms with E-state index in [1.54, 1.807) is 4.90 Å². The number of nitro benzene ring substituents is 1. The summed E-state index contributed by atoms with van der Waals surface area (Å²) in [5.74, 6) is -0.644. The summed E-state index contributed by atoms with van der Waals surface area (Å²) >= 11 is 11.9. The van der Waals surface area contributed by atoms with Crippen molar-refractivity contribution in [1.82, 2.24) is 0 Å². The first-order valence-electron chi connectivity index (χ1n) is 8.07. The van der Waals surface area contributed by atoms with Crippen LogP contribution in [0, 0.1) is 15.9 Å². The van der Waals surface area contributed by atoms with Gasteiger partial charge in [0.25, 0.3) is 5.69 Å². The Balaban J connectivity index is 1.99. The number of sulfone groups is 1. The smallest absolute Gasteiger partial charge is 0.270 e. The summed E-state index contributed by atoms with van der Waals surface area (Å²) in [5, 5.41) is 11.1. The number of nitro groups is 1. The van der Waals surface area contributed by atoms with E-state index in [0.717, 1.165) is 12.3 Å². The van der Waals surface area contributed by atoms with Crippen molar-refractivity contribution in [3.8, 4) is 0 Å². The molecule has 0 N–H and O–H groups in total. The number of non-ortho nitro benzene ring substituents is 1. The van der Waals surface area contributed by atoms with Gasteiger partial charge in [0.15, 0.2) is 9.84 Å². The van der Waals surface area contributed by atoms with E-state index in [0.29, 0.717) is 17.8 Å². The van der Waals surface area contributed by atoms with E-state index in [-0.39, 0.29) is 33.8 Å². The van der Waals surface area contributed by atoms with Crippen LogP contribution in [-0.4, -0.2) is 39.3 Å². The second-order valence-electron chi connectivity index (χ2n) is 6.27. The molecule has 28 heavy (non-hydrogen) atoms. The van der Waals surface area contributed by atoms with Crippen molar-refractivity contribution in [3.05, 3.63) is 61.9 Å². The molecule has 1 aliphatic heterocycles. The topological polar surface area (TPSA) is 89.8 Å². The van der Waals surface area contributed by atoms with Crippen LogP contribution < -0.4 is 4.90 Å². The molecule has 1 atom stereocenters. The monoisotopic (exact) mass is 448 g/mol. The molecule has 0 bridgehead atoms. The van der Waals surface area contributed by atoms with Gasteiger partial charge < -0.3 is 9.64 Å². The highest BCUT2D eigenvalue weighted by Gasteiger charge is 2.29. The number of hydrogen-bond donors (Lipinski definition) is 0. The SMILES string of the molecule is CS(=O)(=O)c1cc([N+](=O)[O-])ccc1N1CCOC(c2cc(F)c(Cl)cc2Cl)C1. The van der Waals surface area contributed by atoms with Crippen LogP contribution >= 0.6 is 23.2 Å². The maximum absolute atomic E-state index is 13.9. The third-order valence-corrected chi connectivity index (χ3v) is 6.09. The molecule has 7 nitrogen and oxygen atoms in total. The zero-order valence-corrected chi connectivity index (χ0v) is 16.9. The first-order chi connectivity index (χ1) is 13.1. The Kier molecular flexibility index (Phi) is 5.81. The fourth-order valence-electron chi connectivity index (χ4n) is 3.02. The van der Waals surface area contributed by atoms with Gasteiger partial charge in [0.2, 0.25) is 0 Å². The predicted octanol–water partition coefficient (Wildman–Crippen LogP) is 4.02. The maximum Gasteiger partial charge on any atom is 0.270 e. The summed E-state index contributed by atoms with van der Waals surface area (Å²) in [6, 6.07) is 6.13. The molecular formula is C17H15Cl2FN2O5S. The van der Waals surface area contributed by atoms with Gasteiger partial charge in [-0.05, 0) is 18.2 Å². The Bertz CT molecular complexity index is 1050. The lowest BCUT2D eigenvalue weighted by atomic mass is 10.1. The maximum atomic E-state index is 13.9. The fourth-order valence-corrected chi connectivity index (χ4v) is 4.43. The summed E-state index contributed by atoms with van der Waals surface area (Å²) < 4.78 is 43.9. The number of hydrogen-bond acceptors (Lipinski definition) is 6. The third kappa shape index (κ3) is 4.22. The second kappa shape index (κ2) is 7.82. The van der Waals surface area contributed by atoms with E-state index in [1.165, 1.54) is 24.3 Å². The van der Waals surface area contributed by atoms with Gasteiger partial charge in [0.1, 0.15) is 11.9 Å². The highest BCUT2D eigenvalue weighted by atomic mass is 35.5. The average molecular weight is 449 g/mol. The van der Waals surface area contributed by atoms with Crippen LogP contribution in [0.25, 0.3) is 0 Å². The van der Waals surface area contributed by atoms with Gasteiger partial charge in [-0.25, -0.2) is 12.8 Å². The molecule has 0 aliphatic carbocycles. The fraction of sp³-hybridized carbons (Fsp3) is 0.294. The summed E-state index contributed by atoms with van der Waals surface area (Å²) in [7, 11) is -3.73. The number of benzene rings is 2. The Labute approximate surface area is 170 Å². The van der Waals surface area contributed by atoms with E-state index in [9.17, 15) is 22.9 Å². The van der Waals surface area contributed by atoms with Gasteiger partial charge in [-0.1, -0.05) is 23.2 Å². The summed E-state index contributed by atoms with van der Waals surface area (Å²) in [6.45, 7) is 0.761. The van der Waals surface area contributed by atoms with Crippen molar-refractivity contribution in [2.24, 2.45) is 0 Å². The zero-order chi connectivity index (χ0) is 20.6. The van der Waals surface area contributed by atoms with Gasteiger partial charge in [0.05, 0.1) is 27.1 Å².